The zero-order chi connectivity index (χ0) is 11.1. The number of amides is 1. The van der Waals surface area contributed by atoms with Crippen molar-refractivity contribution in [3.63, 3.8) is 0 Å². The fraction of sp³-hybridized carbons (Fsp3) is 0.273. The molecule has 4 nitrogen and oxygen atoms in total. The summed E-state index contributed by atoms with van der Waals surface area (Å²) in [5, 5.41) is 2.73. The van der Waals surface area contributed by atoms with Crippen molar-refractivity contribution in [2.75, 3.05) is 13.1 Å². The molecule has 15 heavy (non-hydrogen) atoms. The molecule has 0 atom stereocenters. The van der Waals surface area contributed by atoms with Crippen molar-refractivity contribution < 1.29 is 4.79 Å². The Hall–Kier alpha value is -1.68. The molecule has 0 spiro atoms. The molecule has 0 fully saturated rings. The summed E-state index contributed by atoms with van der Waals surface area (Å²) in [5.41, 5.74) is 6.73. The van der Waals surface area contributed by atoms with Gasteiger partial charge in [0, 0.05) is 25.0 Å². The highest BCUT2D eigenvalue weighted by molar-refractivity contribution is 5.93. The molecule has 0 aliphatic heterocycles. The van der Waals surface area contributed by atoms with Gasteiger partial charge in [-0.15, -0.1) is 0 Å². The topological polar surface area (TPSA) is 68.0 Å². The number of hydrogen-bond acceptors (Lipinski definition) is 3. The van der Waals surface area contributed by atoms with Gasteiger partial charge in [-0.05, 0) is 19.1 Å². The third kappa shape index (κ3) is 3.91. The molecule has 3 N–H and O–H groups in total. The van der Waals surface area contributed by atoms with Gasteiger partial charge in [0.1, 0.15) is 0 Å². The minimum absolute atomic E-state index is 0.121. The number of aromatic nitrogens is 1. The van der Waals surface area contributed by atoms with Crippen LogP contribution < -0.4 is 11.1 Å². The van der Waals surface area contributed by atoms with Crippen LogP contribution in [-0.4, -0.2) is 24.0 Å². The average molecular weight is 205 g/mol. The molecule has 0 aliphatic rings. The van der Waals surface area contributed by atoms with Crippen LogP contribution in [0.25, 0.3) is 0 Å². The lowest BCUT2D eigenvalue weighted by molar-refractivity contribution is 0.0957. The van der Waals surface area contributed by atoms with Crippen LogP contribution in [0.3, 0.4) is 0 Å². The minimum atomic E-state index is -0.121. The molecule has 1 heterocycles. The Morgan fingerprint density at radius 3 is 2.93 bits per heavy atom. The van der Waals surface area contributed by atoms with E-state index in [1.54, 1.807) is 18.3 Å². The molecule has 0 saturated carbocycles. The van der Waals surface area contributed by atoms with Crippen molar-refractivity contribution in [3.8, 4) is 0 Å². The molecule has 0 unspecified atom stereocenters. The highest BCUT2D eigenvalue weighted by Gasteiger charge is 2.02. The van der Waals surface area contributed by atoms with E-state index in [0.717, 1.165) is 5.69 Å². The molecular formula is C11H15N3O. The van der Waals surface area contributed by atoms with Gasteiger partial charge >= 0.3 is 0 Å². The SMILES string of the molecule is Cc1ccc(C(=O)NC/C=C/CN)cn1. The number of aryl methyl sites for hydroxylation is 1. The summed E-state index contributed by atoms with van der Waals surface area (Å²) in [6.07, 6.45) is 5.19. The zero-order valence-electron chi connectivity index (χ0n) is 8.73. The minimum Gasteiger partial charge on any atom is -0.349 e. The first kappa shape index (κ1) is 11.4. The normalized spacial score (nSPS) is 10.5. The predicted molar refractivity (Wildman–Crippen MR) is 59.5 cm³/mol. The number of nitrogens with one attached hydrogen (secondary N) is 1. The number of hydrogen-bond donors (Lipinski definition) is 2. The van der Waals surface area contributed by atoms with E-state index in [2.05, 4.69) is 10.3 Å². The molecule has 0 bridgehead atoms. The van der Waals surface area contributed by atoms with Crippen molar-refractivity contribution in [2.45, 2.75) is 6.92 Å². The molecule has 1 amide bonds. The third-order valence-electron chi connectivity index (χ3n) is 1.86. The second-order valence-corrected chi connectivity index (χ2v) is 3.11. The van der Waals surface area contributed by atoms with Crippen LogP contribution in [0, 0.1) is 6.92 Å². The standard InChI is InChI=1S/C11H15N3O/c1-9-4-5-10(8-14-9)11(15)13-7-3-2-6-12/h2-5,8H,6-7,12H2,1H3,(H,13,15)/b3-2+. The Morgan fingerprint density at radius 1 is 1.53 bits per heavy atom. The summed E-state index contributed by atoms with van der Waals surface area (Å²) in [6.45, 7) is 2.86. The number of nitrogens with two attached hydrogens (primary N) is 1. The summed E-state index contributed by atoms with van der Waals surface area (Å²) in [6, 6.07) is 3.56. The smallest absolute Gasteiger partial charge is 0.253 e. The number of carbonyl (C=O) groups is 1. The van der Waals surface area contributed by atoms with Gasteiger partial charge in [0.25, 0.3) is 5.91 Å². The lowest BCUT2D eigenvalue weighted by Gasteiger charge is -2.01. The molecule has 0 aromatic carbocycles. The lowest BCUT2D eigenvalue weighted by Crippen LogP contribution is -2.23. The zero-order valence-corrected chi connectivity index (χ0v) is 8.73. The monoisotopic (exact) mass is 205 g/mol. The summed E-state index contributed by atoms with van der Waals surface area (Å²) >= 11 is 0. The average Bonchev–Trinajstić information content (AvgIpc) is 2.25. The molecule has 4 heteroatoms. The number of pyridine rings is 1. The van der Waals surface area contributed by atoms with Crippen LogP contribution in [0.5, 0.6) is 0 Å². The molecular weight excluding hydrogens is 190 g/mol. The highest BCUT2D eigenvalue weighted by Crippen LogP contribution is 1.98. The van der Waals surface area contributed by atoms with E-state index in [9.17, 15) is 4.79 Å². The van der Waals surface area contributed by atoms with Gasteiger partial charge in [0.05, 0.1) is 5.56 Å². The van der Waals surface area contributed by atoms with Gasteiger partial charge in [0.15, 0.2) is 0 Å². The molecule has 80 valence electrons. The van der Waals surface area contributed by atoms with Gasteiger partial charge in [-0.25, -0.2) is 0 Å². The van der Waals surface area contributed by atoms with Gasteiger partial charge in [0.2, 0.25) is 0 Å². The maximum Gasteiger partial charge on any atom is 0.253 e. The first-order valence-corrected chi connectivity index (χ1v) is 4.80. The Labute approximate surface area is 89.2 Å². The van der Waals surface area contributed by atoms with Gasteiger partial charge < -0.3 is 11.1 Å². The largest absolute Gasteiger partial charge is 0.349 e. The van der Waals surface area contributed by atoms with Crippen molar-refractivity contribution in [3.05, 3.63) is 41.7 Å². The van der Waals surface area contributed by atoms with Crippen molar-refractivity contribution >= 4 is 5.91 Å². The second-order valence-electron chi connectivity index (χ2n) is 3.11. The maximum absolute atomic E-state index is 11.5. The van der Waals surface area contributed by atoms with Crippen molar-refractivity contribution in [1.29, 1.82) is 0 Å². The van der Waals surface area contributed by atoms with Crippen molar-refractivity contribution in [1.82, 2.24) is 10.3 Å². The molecule has 1 aromatic rings. The van der Waals surface area contributed by atoms with Gasteiger partial charge in [-0.3, -0.25) is 9.78 Å². The van der Waals surface area contributed by atoms with E-state index in [4.69, 9.17) is 5.73 Å². The van der Waals surface area contributed by atoms with Crippen molar-refractivity contribution in [2.24, 2.45) is 5.73 Å². The number of rotatable bonds is 4. The molecule has 0 saturated heterocycles. The Morgan fingerprint density at radius 2 is 2.33 bits per heavy atom. The lowest BCUT2D eigenvalue weighted by atomic mass is 10.2. The van der Waals surface area contributed by atoms with E-state index < -0.39 is 0 Å². The van der Waals surface area contributed by atoms with E-state index in [0.29, 0.717) is 18.7 Å². The van der Waals surface area contributed by atoms with Gasteiger partial charge in [-0.2, -0.15) is 0 Å². The van der Waals surface area contributed by atoms with E-state index in [-0.39, 0.29) is 5.91 Å². The Bertz CT molecular complexity index is 343. The highest BCUT2D eigenvalue weighted by atomic mass is 16.1. The summed E-state index contributed by atoms with van der Waals surface area (Å²) in [4.78, 5) is 15.5. The molecule has 0 radical (unpaired) electrons. The Balaban J connectivity index is 2.47. The maximum atomic E-state index is 11.5. The van der Waals surface area contributed by atoms with E-state index in [1.165, 1.54) is 0 Å². The van der Waals surface area contributed by atoms with Crippen LogP contribution >= 0.6 is 0 Å². The van der Waals surface area contributed by atoms with Crippen LogP contribution in [0.15, 0.2) is 30.5 Å². The van der Waals surface area contributed by atoms with Crippen LogP contribution in [0.2, 0.25) is 0 Å². The van der Waals surface area contributed by atoms with E-state index in [1.807, 2.05) is 19.1 Å². The molecule has 0 aliphatic carbocycles. The summed E-state index contributed by atoms with van der Waals surface area (Å²) in [5.74, 6) is -0.121. The van der Waals surface area contributed by atoms with Gasteiger partial charge in [-0.1, -0.05) is 12.2 Å². The Kier molecular flexibility index (Phi) is 4.50. The quantitative estimate of drug-likeness (QED) is 0.708. The number of carbonyl (C=O) groups excluding carboxylic acids is 1. The number of nitrogens with zero attached hydrogens (tertiary/aromatic N) is 1. The van der Waals surface area contributed by atoms with Crippen LogP contribution in [0.1, 0.15) is 16.1 Å². The summed E-state index contributed by atoms with van der Waals surface area (Å²) in [7, 11) is 0. The molecule has 1 aromatic heterocycles. The summed E-state index contributed by atoms with van der Waals surface area (Å²) < 4.78 is 0. The first-order chi connectivity index (χ1) is 7.24. The fourth-order valence-corrected chi connectivity index (χ4v) is 1.04. The third-order valence-corrected chi connectivity index (χ3v) is 1.86. The van der Waals surface area contributed by atoms with E-state index >= 15 is 0 Å². The van der Waals surface area contributed by atoms with Crippen LogP contribution in [0.4, 0.5) is 0 Å². The molecule has 1 rings (SSSR count). The predicted octanol–water partition coefficient (Wildman–Crippen LogP) is 0.635. The fourth-order valence-electron chi connectivity index (χ4n) is 1.04. The first-order valence-electron chi connectivity index (χ1n) is 4.80. The second kappa shape index (κ2) is 5.93. The van der Waals surface area contributed by atoms with Crippen LogP contribution in [-0.2, 0) is 0 Å².